The van der Waals surface area contributed by atoms with Crippen molar-refractivity contribution in [2.75, 3.05) is 12.3 Å². The van der Waals surface area contributed by atoms with Gasteiger partial charge in [-0.3, -0.25) is 14.4 Å². The fourth-order valence-electron chi connectivity index (χ4n) is 1.53. The van der Waals surface area contributed by atoms with Crippen molar-refractivity contribution in [2.45, 2.75) is 58.2 Å². The number of carbonyl (C=O) groups excluding carboxylic acids is 3. The van der Waals surface area contributed by atoms with E-state index in [1.54, 1.807) is 0 Å². The molecule has 0 saturated heterocycles. The van der Waals surface area contributed by atoms with Gasteiger partial charge in [-0.15, -0.1) is 11.8 Å². The van der Waals surface area contributed by atoms with Crippen LogP contribution < -0.4 is 10.6 Å². The molecule has 0 aliphatic rings. The van der Waals surface area contributed by atoms with Crippen LogP contribution in [0.15, 0.2) is 0 Å². The van der Waals surface area contributed by atoms with E-state index >= 15 is 0 Å². The van der Waals surface area contributed by atoms with Crippen LogP contribution in [-0.4, -0.2) is 41.2 Å². The summed E-state index contributed by atoms with van der Waals surface area (Å²) in [6.45, 7) is 7.98. The summed E-state index contributed by atoms with van der Waals surface area (Å²) in [5, 5.41) is 5.08. The molecular formula is C14H26N2O3S. The Balaban J connectivity index is 4.41. The number of thioether (sulfide) groups is 1. The summed E-state index contributed by atoms with van der Waals surface area (Å²) >= 11 is 1.38. The SMILES string of the molecule is CCNC(=O)CC(SCCC(=O)CC)C(=O)NC(C)C. The second-order valence-electron chi connectivity index (χ2n) is 4.82. The molecule has 116 valence electrons. The average molecular weight is 302 g/mol. The predicted octanol–water partition coefficient (Wildman–Crippen LogP) is 1.51. The summed E-state index contributed by atoms with van der Waals surface area (Å²) in [6.07, 6.45) is 1.11. The van der Waals surface area contributed by atoms with Crippen molar-refractivity contribution in [1.82, 2.24) is 10.6 Å². The summed E-state index contributed by atoms with van der Waals surface area (Å²) in [4.78, 5) is 34.9. The first-order chi connectivity index (χ1) is 9.40. The second kappa shape index (κ2) is 10.7. The Labute approximate surface area is 125 Å². The maximum atomic E-state index is 12.0. The third-order valence-electron chi connectivity index (χ3n) is 2.56. The standard InChI is InChI=1S/C14H26N2O3S/c1-5-11(17)7-8-20-12(9-13(18)15-6-2)14(19)16-10(3)4/h10,12H,5-9H2,1-4H3,(H,15,18)(H,16,19). The van der Waals surface area contributed by atoms with E-state index in [-0.39, 0.29) is 30.1 Å². The van der Waals surface area contributed by atoms with Gasteiger partial charge in [0.25, 0.3) is 0 Å². The minimum atomic E-state index is -0.436. The van der Waals surface area contributed by atoms with Gasteiger partial charge in [-0.1, -0.05) is 6.92 Å². The van der Waals surface area contributed by atoms with Gasteiger partial charge in [-0.05, 0) is 20.8 Å². The van der Waals surface area contributed by atoms with Crippen LogP contribution in [0.5, 0.6) is 0 Å². The zero-order chi connectivity index (χ0) is 15.5. The van der Waals surface area contributed by atoms with E-state index in [0.717, 1.165) is 0 Å². The normalized spacial score (nSPS) is 12.1. The van der Waals surface area contributed by atoms with Crippen LogP contribution in [0, 0.1) is 0 Å². The second-order valence-corrected chi connectivity index (χ2v) is 6.13. The Morgan fingerprint density at radius 1 is 1.15 bits per heavy atom. The molecule has 2 N–H and O–H groups in total. The van der Waals surface area contributed by atoms with Gasteiger partial charge in [-0.25, -0.2) is 0 Å². The van der Waals surface area contributed by atoms with Crippen LogP contribution in [0.2, 0.25) is 0 Å². The molecule has 0 radical (unpaired) electrons. The van der Waals surface area contributed by atoms with Crippen LogP contribution in [0.3, 0.4) is 0 Å². The van der Waals surface area contributed by atoms with Crippen LogP contribution >= 0.6 is 11.8 Å². The number of Topliss-reactive ketones (excluding diaryl/α,β-unsaturated/α-hetero) is 1. The maximum Gasteiger partial charge on any atom is 0.233 e. The number of hydrogen-bond acceptors (Lipinski definition) is 4. The lowest BCUT2D eigenvalue weighted by molar-refractivity contribution is -0.126. The molecule has 1 atom stereocenters. The fraction of sp³-hybridized carbons (Fsp3) is 0.786. The largest absolute Gasteiger partial charge is 0.356 e. The quantitative estimate of drug-likeness (QED) is 0.641. The van der Waals surface area contributed by atoms with Crippen molar-refractivity contribution >= 4 is 29.4 Å². The average Bonchev–Trinajstić information content (AvgIpc) is 2.36. The van der Waals surface area contributed by atoms with Gasteiger partial charge in [-0.2, -0.15) is 0 Å². The molecule has 2 amide bonds. The molecule has 1 unspecified atom stereocenters. The zero-order valence-corrected chi connectivity index (χ0v) is 13.6. The summed E-state index contributed by atoms with van der Waals surface area (Å²) in [5.41, 5.74) is 0. The number of nitrogens with one attached hydrogen (secondary N) is 2. The molecule has 0 bridgehead atoms. The Kier molecular flexibility index (Phi) is 10.2. The van der Waals surface area contributed by atoms with E-state index in [4.69, 9.17) is 0 Å². The first-order valence-electron chi connectivity index (χ1n) is 7.11. The molecule has 0 saturated carbocycles. The molecule has 0 aromatic rings. The number of rotatable bonds is 10. The molecule has 5 nitrogen and oxygen atoms in total. The van der Waals surface area contributed by atoms with E-state index in [1.807, 2.05) is 27.7 Å². The highest BCUT2D eigenvalue weighted by Gasteiger charge is 2.22. The van der Waals surface area contributed by atoms with Gasteiger partial charge in [0.2, 0.25) is 11.8 Å². The summed E-state index contributed by atoms with van der Waals surface area (Å²) in [5.74, 6) is 0.479. The number of carbonyl (C=O) groups is 3. The zero-order valence-electron chi connectivity index (χ0n) is 12.8. The highest BCUT2D eigenvalue weighted by Crippen LogP contribution is 2.17. The molecule has 0 fully saturated rings. The smallest absolute Gasteiger partial charge is 0.233 e. The predicted molar refractivity (Wildman–Crippen MR) is 82.7 cm³/mol. The van der Waals surface area contributed by atoms with Gasteiger partial charge in [0.05, 0.1) is 5.25 Å². The van der Waals surface area contributed by atoms with E-state index in [2.05, 4.69) is 10.6 Å². The third kappa shape index (κ3) is 8.96. The van der Waals surface area contributed by atoms with Crippen molar-refractivity contribution in [2.24, 2.45) is 0 Å². The van der Waals surface area contributed by atoms with Crippen LogP contribution in [0.1, 0.15) is 47.0 Å². The molecule has 20 heavy (non-hydrogen) atoms. The molecule has 0 aromatic heterocycles. The third-order valence-corrected chi connectivity index (χ3v) is 3.79. The van der Waals surface area contributed by atoms with Gasteiger partial charge >= 0.3 is 0 Å². The summed E-state index contributed by atoms with van der Waals surface area (Å²) < 4.78 is 0. The molecule has 0 aromatic carbocycles. The lowest BCUT2D eigenvalue weighted by Gasteiger charge is -2.17. The summed E-state index contributed by atoms with van der Waals surface area (Å²) in [6, 6.07) is 0.0390. The molecule has 0 spiro atoms. The topological polar surface area (TPSA) is 75.3 Å². The first kappa shape index (κ1) is 19.0. The molecule has 0 aliphatic carbocycles. The molecular weight excluding hydrogens is 276 g/mol. The monoisotopic (exact) mass is 302 g/mol. The van der Waals surface area contributed by atoms with Crippen LogP contribution in [0.25, 0.3) is 0 Å². The van der Waals surface area contributed by atoms with E-state index < -0.39 is 5.25 Å². The minimum absolute atomic E-state index is 0.0390. The number of hydrogen-bond donors (Lipinski definition) is 2. The van der Waals surface area contributed by atoms with E-state index in [0.29, 0.717) is 25.1 Å². The van der Waals surface area contributed by atoms with Gasteiger partial charge in [0.15, 0.2) is 0 Å². The van der Waals surface area contributed by atoms with Gasteiger partial charge in [0, 0.05) is 37.6 Å². The van der Waals surface area contributed by atoms with Gasteiger partial charge < -0.3 is 10.6 Å². The lowest BCUT2D eigenvalue weighted by Crippen LogP contribution is -2.40. The fourth-order valence-corrected chi connectivity index (χ4v) is 2.65. The number of ketones is 1. The Morgan fingerprint density at radius 2 is 1.80 bits per heavy atom. The Bertz CT molecular complexity index is 332. The van der Waals surface area contributed by atoms with Crippen molar-refractivity contribution < 1.29 is 14.4 Å². The van der Waals surface area contributed by atoms with Crippen molar-refractivity contribution in [3.63, 3.8) is 0 Å². The van der Waals surface area contributed by atoms with Crippen molar-refractivity contribution in [3.8, 4) is 0 Å². The molecule has 0 rings (SSSR count). The lowest BCUT2D eigenvalue weighted by atomic mass is 10.2. The van der Waals surface area contributed by atoms with Crippen LogP contribution in [-0.2, 0) is 14.4 Å². The van der Waals surface area contributed by atoms with Gasteiger partial charge in [0.1, 0.15) is 5.78 Å². The molecule has 0 aliphatic heterocycles. The number of amides is 2. The van der Waals surface area contributed by atoms with Crippen molar-refractivity contribution in [3.05, 3.63) is 0 Å². The van der Waals surface area contributed by atoms with Crippen molar-refractivity contribution in [1.29, 1.82) is 0 Å². The molecule has 6 heteroatoms. The first-order valence-corrected chi connectivity index (χ1v) is 8.15. The maximum absolute atomic E-state index is 12.0. The Hall–Kier alpha value is -1.04. The highest BCUT2D eigenvalue weighted by atomic mass is 32.2. The molecule has 0 heterocycles. The summed E-state index contributed by atoms with van der Waals surface area (Å²) in [7, 11) is 0. The minimum Gasteiger partial charge on any atom is -0.356 e. The van der Waals surface area contributed by atoms with Crippen LogP contribution in [0.4, 0.5) is 0 Å². The Morgan fingerprint density at radius 3 is 2.30 bits per heavy atom. The highest BCUT2D eigenvalue weighted by molar-refractivity contribution is 8.00. The van der Waals surface area contributed by atoms with E-state index in [1.165, 1.54) is 11.8 Å². The van der Waals surface area contributed by atoms with E-state index in [9.17, 15) is 14.4 Å².